The van der Waals surface area contributed by atoms with Crippen LogP contribution in [-0.2, 0) is 14.2 Å². The molecule has 136 valence electrons. The second-order valence-electron chi connectivity index (χ2n) is 5.80. The molecule has 2 saturated heterocycles. The molecule has 0 unspecified atom stereocenters. The molecule has 25 heavy (non-hydrogen) atoms. The number of ether oxygens (including phenoxy) is 3. The summed E-state index contributed by atoms with van der Waals surface area (Å²) in [5.41, 5.74) is 13.8. The van der Waals surface area contributed by atoms with Crippen molar-refractivity contribution in [1.29, 1.82) is 0 Å². The maximum absolute atomic E-state index is 11.5. The fourth-order valence-electron chi connectivity index (χ4n) is 3.25. The fraction of sp³-hybridized carbons (Fsp3) is 0.533. The predicted molar refractivity (Wildman–Crippen MR) is 92.5 cm³/mol. The Labute approximate surface area is 149 Å². The van der Waals surface area contributed by atoms with E-state index in [1.54, 1.807) is 10.8 Å². The van der Waals surface area contributed by atoms with Crippen LogP contribution in [0.4, 0.5) is 4.79 Å². The summed E-state index contributed by atoms with van der Waals surface area (Å²) in [6.45, 7) is 3.89. The molecule has 1 aromatic rings. The molecule has 0 radical (unpaired) electrons. The van der Waals surface area contributed by atoms with Crippen LogP contribution >= 0.6 is 12.2 Å². The first-order chi connectivity index (χ1) is 11.9. The minimum atomic E-state index is -0.784. The zero-order valence-corrected chi connectivity index (χ0v) is 14.7. The number of fused-ring (bicyclic) bond motifs is 1. The summed E-state index contributed by atoms with van der Waals surface area (Å²) in [5.74, 6) is 0.314. The Kier molecular flexibility index (Phi) is 4.67. The molecular weight excluding hydrogens is 348 g/mol. The van der Waals surface area contributed by atoms with Crippen LogP contribution in [0.1, 0.15) is 30.0 Å². The largest absolute Gasteiger partial charge is 0.509 e. The standard InChI is InChI=1S/C15H20N4O5S/c1-3-18-12(16)9-6(2)19(4-7(9)13(17)25)14-11-10(8(5-20)22-14)23-15(21)24-11/h4,8,10-11,14,20H,3,5H2,1-2H3,(H2,16,18)(H2,17,25)/t8-,10-,11-,14-/m1/s1. The number of aliphatic hydroxyl groups is 1. The SMILES string of the molecule is CC/N=C(/N)c1c(C(N)=S)cn([C@@H]2O[C@H](CO)[C@H]3OC(=O)O[C@H]32)c1C. The Morgan fingerprint density at radius 1 is 1.40 bits per heavy atom. The average Bonchev–Trinajstić information content (AvgIpc) is 3.18. The minimum Gasteiger partial charge on any atom is -0.424 e. The van der Waals surface area contributed by atoms with Crippen LogP contribution in [0.5, 0.6) is 0 Å². The molecule has 4 atom stereocenters. The molecule has 0 spiro atoms. The van der Waals surface area contributed by atoms with E-state index in [0.717, 1.165) is 0 Å². The molecule has 2 fully saturated rings. The number of nitrogens with zero attached hydrogens (tertiary/aromatic N) is 2. The molecular formula is C15H20N4O5S. The molecule has 0 saturated carbocycles. The highest BCUT2D eigenvalue weighted by molar-refractivity contribution is 7.80. The third-order valence-electron chi connectivity index (χ3n) is 4.34. The first-order valence-electron chi connectivity index (χ1n) is 7.84. The van der Waals surface area contributed by atoms with Crippen molar-refractivity contribution in [1.82, 2.24) is 4.57 Å². The van der Waals surface area contributed by atoms with E-state index in [9.17, 15) is 9.90 Å². The Balaban J connectivity index is 2.06. The first-order valence-corrected chi connectivity index (χ1v) is 8.25. The second kappa shape index (κ2) is 6.62. The van der Waals surface area contributed by atoms with Gasteiger partial charge in [-0.1, -0.05) is 12.2 Å². The zero-order valence-electron chi connectivity index (χ0n) is 13.8. The molecule has 2 aliphatic heterocycles. The lowest BCUT2D eigenvalue weighted by Gasteiger charge is -2.19. The van der Waals surface area contributed by atoms with Crippen molar-refractivity contribution in [2.45, 2.75) is 38.4 Å². The zero-order chi connectivity index (χ0) is 18.3. The van der Waals surface area contributed by atoms with Gasteiger partial charge in [0.15, 0.2) is 18.4 Å². The van der Waals surface area contributed by atoms with E-state index in [0.29, 0.717) is 29.2 Å². The Morgan fingerprint density at radius 3 is 2.68 bits per heavy atom. The maximum atomic E-state index is 11.5. The van der Waals surface area contributed by atoms with Gasteiger partial charge in [0.2, 0.25) is 0 Å². The van der Waals surface area contributed by atoms with E-state index in [4.69, 9.17) is 37.9 Å². The molecule has 2 aliphatic rings. The number of carbonyl (C=O) groups excluding carboxylic acids is 1. The lowest BCUT2D eigenvalue weighted by molar-refractivity contribution is -0.0723. The van der Waals surface area contributed by atoms with Crippen LogP contribution in [0.25, 0.3) is 0 Å². The highest BCUT2D eigenvalue weighted by Crippen LogP contribution is 2.39. The number of nitrogens with two attached hydrogens (primary N) is 2. The van der Waals surface area contributed by atoms with Gasteiger partial charge in [-0.25, -0.2) is 4.79 Å². The summed E-state index contributed by atoms with van der Waals surface area (Å²) in [6, 6.07) is 0. The summed E-state index contributed by atoms with van der Waals surface area (Å²) < 4.78 is 17.9. The number of aliphatic imine (C=N–C) groups is 1. The third-order valence-corrected chi connectivity index (χ3v) is 4.56. The van der Waals surface area contributed by atoms with Gasteiger partial charge in [-0.15, -0.1) is 0 Å². The number of hydrogen-bond donors (Lipinski definition) is 3. The second-order valence-corrected chi connectivity index (χ2v) is 6.24. The molecule has 1 aromatic heterocycles. The molecule has 3 heterocycles. The van der Waals surface area contributed by atoms with Crippen molar-refractivity contribution in [3.05, 3.63) is 23.0 Å². The molecule has 9 nitrogen and oxygen atoms in total. The van der Waals surface area contributed by atoms with Crippen LogP contribution in [0.2, 0.25) is 0 Å². The maximum Gasteiger partial charge on any atom is 0.509 e. The molecule has 0 bridgehead atoms. The number of thiocarbonyl (C=S) groups is 1. The van der Waals surface area contributed by atoms with E-state index < -0.39 is 30.7 Å². The smallest absolute Gasteiger partial charge is 0.424 e. The van der Waals surface area contributed by atoms with Crippen LogP contribution in [-0.4, -0.2) is 58.1 Å². The molecule has 0 aromatic carbocycles. The van der Waals surface area contributed by atoms with Crippen molar-refractivity contribution in [3.8, 4) is 0 Å². The first kappa shape index (κ1) is 17.6. The molecule has 5 N–H and O–H groups in total. The summed E-state index contributed by atoms with van der Waals surface area (Å²) in [4.78, 5) is 15.9. The lowest BCUT2D eigenvalue weighted by Crippen LogP contribution is -2.30. The summed E-state index contributed by atoms with van der Waals surface area (Å²) >= 11 is 5.12. The number of carbonyl (C=O) groups is 1. The van der Waals surface area contributed by atoms with E-state index >= 15 is 0 Å². The number of amidine groups is 1. The normalized spacial score (nSPS) is 28.6. The van der Waals surface area contributed by atoms with Gasteiger partial charge in [0, 0.05) is 29.6 Å². The number of aliphatic hydroxyl groups excluding tert-OH is 1. The predicted octanol–water partition coefficient (Wildman–Crippen LogP) is -0.0504. The average molecular weight is 368 g/mol. The van der Waals surface area contributed by atoms with Gasteiger partial charge in [0.25, 0.3) is 0 Å². The summed E-state index contributed by atoms with van der Waals surface area (Å²) in [6.07, 6.45) is -1.83. The van der Waals surface area contributed by atoms with E-state index in [1.807, 2.05) is 13.8 Å². The molecule has 0 amide bonds. The van der Waals surface area contributed by atoms with Gasteiger partial charge >= 0.3 is 6.16 Å². The summed E-state index contributed by atoms with van der Waals surface area (Å²) in [7, 11) is 0. The minimum absolute atomic E-state index is 0.166. The number of aromatic nitrogens is 1. The van der Waals surface area contributed by atoms with Crippen LogP contribution in [0.15, 0.2) is 11.2 Å². The monoisotopic (exact) mass is 368 g/mol. The lowest BCUT2D eigenvalue weighted by atomic mass is 10.1. The fourth-order valence-corrected chi connectivity index (χ4v) is 3.40. The van der Waals surface area contributed by atoms with Gasteiger partial charge in [-0.2, -0.15) is 0 Å². The van der Waals surface area contributed by atoms with Gasteiger partial charge in [0.05, 0.1) is 6.61 Å². The topological polar surface area (TPSA) is 134 Å². The Hall–Kier alpha value is -2.17. The molecule has 0 aliphatic carbocycles. The van der Waals surface area contributed by atoms with Crippen LogP contribution < -0.4 is 11.5 Å². The van der Waals surface area contributed by atoms with Gasteiger partial charge in [-0.3, -0.25) is 4.99 Å². The van der Waals surface area contributed by atoms with Gasteiger partial charge in [-0.05, 0) is 13.8 Å². The molecule has 10 heteroatoms. The number of rotatable bonds is 5. The Morgan fingerprint density at radius 2 is 2.08 bits per heavy atom. The van der Waals surface area contributed by atoms with Crippen molar-refractivity contribution in [2.24, 2.45) is 16.5 Å². The van der Waals surface area contributed by atoms with E-state index in [1.165, 1.54) is 0 Å². The summed E-state index contributed by atoms with van der Waals surface area (Å²) in [5, 5.41) is 9.48. The van der Waals surface area contributed by atoms with Crippen molar-refractivity contribution < 1.29 is 24.1 Å². The third kappa shape index (κ3) is 2.86. The van der Waals surface area contributed by atoms with Gasteiger partial charge in [0.1, 0.15) is 16.9 Å². The van der Waals surface area contributed by atoms with Crippen molar-refractivity contribution in [3.63, 3.8) is 0 Å². The van der Waals surface area contributed by atoms with E-state index in [-0.39, 0.29) is 11.6 Å². The van der Waals surface area contributed by atoms with Crippen LogP contribution in [0, 0.1) is 6.92 Å². The van der Waals surface area contributed by atoms with Gasteiger partial charge < -0.3 is 35.4 Å². The van der Waals surface area contributed by atoms with E-state index in [2.05, 4.69) is 4.99 Å². The quantitative estimate of drug-likeness (QED) is 0.285. The van der Waals surface area contributed by atoms with Crippen molar-refractivity contribution >= 4 is 29.2 Å². The van der Waals surface area contributed by atoms with Crippen molar-refractivity contribution in [2.75, 3.05) is 13.2 Å². The highest BCUT2D eigenvalue weighted by atomic mass is 32.1. The highest BCUT2D eigenvalue weighted by Gasteiger charge is 2.55. The number of hydrogen-bond acceptors (Lipinski definition) is 7. The Bertz CT molecular complexity index is 747. The van der Waals surface area contributed by atoms with Crippen LogP contribution in [0.3, 0.4) is 0 Å². The molecule has 3 rings (SSSR count).